The maximum absolute atomic E-state index is 8.99. The number of nitriles is 2. The standard InChI is InChI=1S/C22H22N8/c23-11-6-14-29(15-7-12-24)21-20(25)22(28-17-27-21)30(19-10-4-5-13-26-19)16-18-8-2-1-3-9-18/h1-5,8-10,13,17H,6-7,14-16,25H2. The van der Waals surface area contributed by atoms with Crippen LogP contribution in [-0.2, 0) is 6.54 Å². The van der Waals surface area contributed by atoms with Gasteiger partial charge in [-0.2, -0.15) is 10.5 Å². The zero-order valence-corrected chi connectivity index (χ0v) is 16.5. The van der Waals surface area contributed by atoms with E-state index >= 15 is 0 Å². The zero-order valence-electron chi connectivity index (χ0n) is 16.5. The lowest BCUT2D eigenvalue weighted by atomic mass is 10.2. The molecule has 2 N–H and O–H groups in total. The van der Waals surface area contributed by atoms with Crippen LogP contribution in [0.1, 0.15) is 18.4 Å². The van der Waals surface area contributed by atoms with Crippen molar-refractivity contribution in [3.63, 3.8) is 0 Å². The molecule has 0 fully saturated rings. The normalized spacial score (nSPS) is 10.1. The minimum atomic E-state index is 0.304. The fraction of sp³-hybridized carbons (Fsp3) is 0.227. The highest BCUT2D eigenvalue weighted by atomic mass is 15.3. The van der Waals surface area contributed by atoms with Gasteiger partial charge in [-0.25, -0.2) is 15.0 Å². The maximum Gasteiger partial charge on any atom is 0.163 e. The summed E-state index contributed by atoms with van der Waals surface area (Å²) in [6, 6.07) is 19.9. The molecule has 0 unspecified atom stereocenters. The van der Waals surface area contributed by atoms with Gasteiger partial charge in [0.05, 0.1) is 31.5 Å². The fourth-order valence-corrected chi connectivity index (χ4v) is 3.08. The van der Waals surface area contributed by atoms with E-state index in [1.165, 1.54) is 6.33 Å². The molecule has 0 saturated carbocycles. The first-order chi connectivity index (χ1) is 14.7. The van der Waals surface area contributed by atoms with E-state index < -0.39 is 0 Å². The number of aromatic nitrogens is 3. The summed E-state index contributed by atoms with van der Waals surface area (Å²) in [6.07, 6.45) is 3.78. The molecule has 8 nitrogen and oxygen atoms in total. The van der Waals surface area contributed by atoms with Crippen LogP contribution in [0.5, 0.6) is 0 Å². The molecule has 0 aliphatic carbocycles. The number of hydrogen-bond donors (Lipinski definition) is 1. The van der Waals surface area contributed by atoms with E-state index in [9.17, 15) is 0 Å². The summed E-state index contributed by atoms with van der Waals surface area (Å²) < 4.78 is 0. The van der Waals surface area contributed by atoms with Crippen LogP contribution in [0.15, 0.2) is 61.1 Å². The first kappa shape index (κ1) is 20.6. The van der Waals surface area contributed by atoms with Gasteiger partial charge in [0.2, 0.25) is 0 Å². The van der Waals surface area contributed by atoms with E-state index in [-0.39, 0.29) is 0 Å². The second kappa shape index (κ2) is 10.4. The van der Waals surface area contributed by atoms with Gasteiger partial charge in [-0.1, -0.05) is 36.4 Å². The number of nitrogens with zero attached hydrogens (tertiary/aromatic N) is 7. The van der Waals surface area contributed by atoms with Crippen molar-refractivity contribution in [2.75, 3.05) is 28.6 Å². The molecule has 150 valence electrons. The van der Waals surface area contributed by atoms with Gasteiger partial charge in [-0.05, 0) is 17.7 Å². The second-order valence-corrected chi connectivity index (χ2v) is 6.50. The molecule has 0 saturated heterocycles. The topological polar surface area (TPSA) is 119 Å². The van der Waals surface area contributed by atoms with Crippen LogP contribution in [0.2, 0.25) is 0 Å². The number of nitrogen functional groups attached to an aromatic ring is 1. The molecule has 0 bridgehead atoms. The smallest absolute Gasteiger partial charge is 0.163 e. The average molecular weight is 398 g/mol. The molecule has 8 heteroatoms. The first-order valence-corrected chi connectivity index (χ1v) is 9.56. The zero-order chi connectivity index (χ0) is 21.2. The lowest BCUT2D eigenvalue weighted by molar-refractivity contribution is 0.779. The summed E-state index contributed by atoms with van der Waals surface area (Å²) in [4.78, 5) is 17.1. The molecular formula is C22H22N8. The lowest BCUT2D eigenvalue weighted by Crippen LogP contribution is -2.29. The van der Waals surface area contributed by atoms with Crippen LogP contribution in [0.25, 0.3) is 0 Å². The van der Waals surface area contributed by atoms with E-state index in [1.807, 2.05) is 58.3 Å². The molecule has 2 heterocycles. The van der Waals surface area contributed by atoms with Gasteiger partial charge < -0.3 is 15.5 Å². The summed E-state index contributed by atoms with van der Waals surface area (Å²) >= 11 is 0. The Morgan fingerprint density at radius 1 is 0.833 bits per heavy atom. The molecule has 0 amide bonds. The number of pyridine rings is 1. The van der Waals surface area contributed by atoms with Crippen molar-refractivity contribution in [3.05, 3.63) is 66.6 Å². The minimum Gasteiger partial charge on any atom is -0.393 e. The Morgan fingerprint density at radius 2 is 1.50 bits per heavy atom. The number of hydrogen-bond acceptors (Lipinski definition) is 8. The Kier molecular flexibility index (Phi) is 7.12. The van der Waals surface area contributed by atoms with E-state index in [2.05, 4.69) is 27.1 Å². The monoisotopic (exact) mass is 398 g/mol. The van der Waals surface area contributed by atoms with Crippen LogP contribution >= 0.6 is 0 Å². The number of anilines is 4. The Bertz CT molecular complexity index is 1010. The fourth-order valence-electron chi connectivity index (χ4n) is 3.08. The molecule has 0 radical (unpaired) electrons. The summed E-state index contributed by atoms with van der Waals surface area (Å²) in [5.74, 6) is 1.75. The number of nitrogens with two attached hydrogens (primary N) is 1. The van der Waals surface area contributed by atoms with Gasteiger partial charge in [-0.3, -0.25) is 0 Å². The highest BCUT2D eigenvalue weighted by molar-refractivity contribution is 5.79. The Labute approximate surface area is 175 Å². The van der Waals surface area contributed by atoms with Crippen LogP contribution in [-0.4, -0.2) is 28.0 Å². The third-order valence-electron chi connectivity index (χ3n) is 4.49. The average Bonchev–Trinajstić information content (AvgIpc) is 2.80. The van der Waals surface area contributed by atoms with E-state index in [1.54, 1.807) is 6.20 Å². The molecule has 0 aliphatic heterocycles. The first-order valence-electron chi connectivity index (χ1n) is 9.56. The number of benzene rings is 1. The summed E-state index contributed by atoms with van der Waals surface area (Å²) in [5, 5.41) is 18.0. The highest BCUT2D eigenvalue weighted by Gasteiger charge is 2.21. The second-order valence-electron chi connectivity index (χ2n) is 6.50. The van der Waals surface area contributed by atoms with Crippen molar-refractivity contribution in [2.24, 2.45) is 0 Å². The maximum atomic E-state index is 8.99. The molecular weight excluding hydrogens is 376 g/mol. The van der Waals surface area contributed by atoms with Crippen LogP contribution in [0.3, 0.4) is 0 Å². The van der Waals surface area contributed by atoms with Gasteiger partial charge in [0.1, 0.15) is 17.8 Å². The van der Waals surface area contributed by atoms with Gasteiger partial charge in [-0.15, -0.1) is 0 Å². The lowest BCUT2D eigenvalue weighted by Gasteiger charge is -2.28. The van der Waals surface area contributed by atoms with Gasteiger partial charge >= 0.3 is 0 Å². The van der Waals surface area contributed by atoms with Crippen molar-refractivity contribution >= 4 is 23.1 Å². The third-order valence-corrected chi connectivity index (χ3v) is 4.49. The van der Waals surface area contributed by atoms with E-state index in [4.69, 9.17) is 16.3 Å². The summed E-state index contributed by atoms with van der Waals surface area (Å²) in [6.45, 7) is 1.39. The van der Waals surface area contributed by atoms with Crippen LogP contribution < -0.4 is 15.5 Å². The molecule has 2 aromatic heterocycles. The van der Waals surface area contributed by atoms with Crippen LogP contribution in [0.4, 0.5) is 23.1 Å². The van der Waals surface area contributed by atoms with E-state index in [0.717, 1.165) is 5.56 Å². The molecule has 1 aromatic carbocycles. The SMILES string of the molecule is N#CCCN(CCC#N)c1ncnc(N(Cc2ccccc2)c2ccccn2)c1N. The van der Waals surface area contributed by atoms with Crippen LogP contribution in [0, 0.1) is 22.7 Å². The molecule has 0 spiro atoms. The predicted molar refractivity (Wildman–Crippen MR) is 116 cm³/mol. The van der Waals surface area contributed by atoms with E-state index in [0.29, 0.717) is 55.6 Å². The molecule has 0 aliphatic rings. The molecule has 0 atom stereocenters. The van der Waals surface area contributed by atoms with Gasteiger partial charge in [0.25, 0.3) is 0 Å². The summed E-state index contributed by atoms with van der Waals surface area (Å²) in [5.41, 5.74) is 7.98. The highest BCUT2D eigenvalue weighted by Crippen LogP contribution is 2.34. The molecule has 3 rings (SSSR count). The molecule has 30 heavy (non-hydrogen) atoms. The number of rotatable bonds is 9. The van der Waals surface area contributed by atoms with Crippen molar-refractivity contribution < 1.29 is 0 Å². The Hall–Kier alpha value is -4.17. The Balaban J connectivity index is 2.02. The third kappa shape index (κ3) is 5.00. The van der Waals surface area contributed by atoms with Crippen molar-refractivity contribution in [1.82, 2.24) is 15.0 Å². The van der Waals surface area contributed by atoms with Crippen molar-refractivity contribution in [3.8, 4) is 12.1 Å². The van der Waals surface area contributed by atoms with Gasteiger partial charge in [0.15, 0.2) is 11.6 Å². The molecule has 3 aromatic rings. The summed E-state index contributed by atoms with van der Waals surface area (Å²) in [7, 11) is 0. The van der Waals surface area contributed by atoms with Gasteiger partial charge in [0, 0.05) is 19.3 Å². The predicted octanol–water partition coefficient (Wildman–Crippen LogP) is 3.43. The largest absolute Gasteiger partial charge is 0.393 e. The van der Waals surface area contributed by atoms with Crippen molar-refractivity contribution in [1.29, 1.82) is 10.5 Å². The quantitative estimate of drug-likeness (QED) is 0.582. The van der Waals surface area contributed by atoms with Crippen molar-refractivity contribution in [2.45, 2.75) is 19.4 Å². The minimum absolute atomic E-state index is 0.304. The Morgan fingerprint density at radius 3 is 2.13 bits per heavy atom.